The molecule has 98 valence electrons. The Bertz CT molecular complexity index is 812. The third-order valence-corrected chi connectivity index (χ3v) is 3.30. The molecule has 0 aliphatic rings. The van der Waals surface area contributed by atoms with E-state index in [1.165, 1.54) is 0 Å². The lowest BCUT2D eigenvalue weighted by atomic mass is 10.1. The van der Waals surface area contributed by atoms with Gasteiger partial charge in [0.25, 0.3) is 0 Å². The highest BCUT2D eigenvalue weighted by Crippen LogP contribution is 2.26. The highest BCUT2D eigenvalue weighted by atomic mass is 15.3. The average molecular weight is 263 g/mol. The molecule has 0 fully saturated rings. The van der Waals surface area contributed by atoms with Crippen LogP contribution in [0.2, 0.25) is 0 Å². The maximum Gasteiger partial charge on any atom is 0.173 e. The van der Waals surface area contributed by atoms with E-state index in [0.717, 1.165) is 29.1 Å². The number of nitrogens with zero attached hydrogens (tertiary/aromatic N) is 5. The first kappa shape index (κ1) is 12.3. The minimum absolute atomic E-state index is 0.496. The smallest absolute Gasteiger partial charge is 0.173 e. The van der Waals surface area contributed by atoms with Crippen LogP contribution in [-0.2, 0) is 6.42 Å². The van der Waals surface area contributed by atoms with Gasteiger partial charge in [0, 0.05) is 11.8 Å². The van der Waals surface area contributed by atoms with Gasteiger partial charge >= 0.3 is 0 Å². The number of pyridine rings is 1. The predicted octanol–water partition coefficient (Wildman–Crippen LogP) is 2.53. The normalized spacial score (nSPS) is 10.7. The van der Waals surface area contributed by atoms with Gasteiger partial charge in [-0.15, -0.1) is 0 Å². The topological polar surface area (TPSA) is 66.9 Å². The third kappa shape index (κ3) is 1.74. The molecule has 0 bridgehead atoms. The molecule has 5 nitrogen and oxygen atoms in total. The Kier molecular flexibility index (Phi) is 2.92. The van der Waals surface area contributed by atoms with Crippen LogP contribution in [0.5, 0.6) is 0 Å². The van der Waals surface area contributed by atoms with E-state index in [4.69, 9.17) is 5.26 Å². The summed E-state index contributed by atoms with van der Waals surface area (Å²) in [4.78, 5) is 8.94. The molecule has 0 N–H and O–H groups in total. The first-order chi connectivity index (χ1) is 9.76. The van der Waals surface area contributed by atoms with Crippen molar-refractivity contribution in [3.05, 3.63) is 47.5 Å². The van der Waals surface area contributed by atoms with Gasteiger partial charge in [0.1, 0.15) is 11.6 Å². The van der Waals surface area contributed by atoms with Crippen molar-refractivity contribution in [3.63, 3.8) is 0 Å². The van der Waals surface area contributed by atoms with Crippen LogP contribution >= 0.6 is 0 Å². The van der Waals surface area contributed by atoms with Gasteiger partial charge in [0.05, 0.1) is 23.3 Å². The molecule has 0 unspecified atom stereocenters. The lowest BCUT2D eigenvalue weighted by Gasteiger charge is -2.12. The molecular formula is C15H13N5. The van der Waals surface area contributed by atoms with E-state index in [2.05, 4.69) is 28.1 Å². The number of nitriles is 1. The summed E-state index contributed by atoms with van der Waals surface area (Å²) in [5, 5.41) is 13.4. The zero-order valence-electron chi connectivity index (χ0n) is 11.3. The standard InChI is InChI=1S/C15H13N5/c1-3-13-14(12-6-4-5-7-17-12)10(2)19-15-11(8-16)9-18-20(13)15/h4-7,9H,3H2,1-2H3. The molecule has 0 amide bonds. The minimum Gasteiger partial charge on any atom is -0.256 e. The molecule has 0 aromatic carbocycles. The Morgan fingerprint density at radius 1 is 1.35 bits per heavy atom. The van der Waals surface area contributed by atoms with Crippen molar-refractivity contribution in [1.82, 2.24) is 19.6 Å². The highest BCUT2D eigenvalue weighted by molar-refractivity contribution is 5.68. The number of hydrogen-bond donors (Lipinski definition) is 0. The molecule has 0 radical (unpaired) electrons. The number of fused-ring (bicyclic) bond motifs is 1. The second-order valence-electron chi connectivity index (χ2n) is 4.49. The van der Waals surface area contributed by atoms with E-state index < -0.39 is 0 Å². The quantitative estimate of drug-likeness (QED) is 0.712. The molecule has 0 spiro atoms. The van der Waals surface area contributed by atoms with Crippen LogP contribution in [0.3, 0.4) is 0 Å². The summed E-state index contributed by atoms with van der Waals surface area (Å²) in [5.41, 5.74) is 4.87. The third-order valence-electron chi connectivity index (χ3n) is 3.30. The molecule has 0 atom stereocenters. The molecule has 0 saturated carbocycles. The average Bonchev–Trinajstić information content (AvgIpc) is 2.89. The van der Waals surface area contributed by atoms with E-state index in [1.54, 1.807) is 16.9 Å². The van der Waals surface area contributed by atoms with Crippen LogP contribution in [0.4, 0.5) is 0 Å². The fraction of sp³-hybridized carbons (Fsp3) is 0.200. The van der Waals surface area contributed by atoms with Gasteiger partial charge in [0.15, 0.2) is 5.65 Å². The largest absolute Gasteiger partial charge is 0.256 e. The van der Waals surface area contributed by atoms with Gasteiger partial charge in [-0.3, -0.25) is 4.98 Å². The molecule has 3 rings (SSSR count). The Labute approximate surface area is 116 Å². The summed E-state index contributed by atoms with van der Waals surface area (Å²) >= 11 is 0. The Morgan fingerprint density at radius 3 is 2.85 bits per heavy atom. The van der Waals surface area contributed by atoms with E-state index in [-0.39, 0.29) is 0 Å². The fourth-order valence-electron chi connectivity index (χ4n) is 2.43. The highest BCUT2D eigenvalue weighted by Gasteiger charge is 2.17. The molecule has 5 heteroatoms. The van der Waals surface area contributed by atoms with Crippen LogP contribution in [0.1, 0.15) is 23.9 Å². The Hall–Kier alpha value is -2.74. The number of aromatic nitrogens is 4. The van der Waals surface area contributed by atoms with Crippen LogP contribution in [0.15, 0.2) is 30.6 Å². The van der Waals surface area contributed by atoms with Gasteiger partial charge in [0.2, 0.25) is 0 Å². The van der Waals surface area contributed by atoms with Crippen molar-refractivity contribution < 1.29 is 0 Å². The summed E-state index contributed by atoms with van der Waals surface area (Å²) in [6.45, 7) is 4.01. The molecule has 0 aliphatic heterocycles. The monoisotopic (exact) mass is 263 g/mol. The summed E-state index contributed by atoms with van der Waals surface area (Å²) < 4.78 is 1.75. The first-order valence-electron chi connectivity index (χ1n) is 6.45. The van der Waals surface area contributed by atoms with Gasteiger partial charge in [-0.2, -0.15) is 10.4 Å². The van der Waals surface area contributed by atoms with Gasteiger partial charge in [-0.25, -0.2) is 9.50 Å². The number of aryl methyl sites for hydroxylation is 2. The van der Waals surface area contributed by atoms with Crippen molar-refractivity contribution in [1.29, 1.82) is 5.26 Å². The van der Waals surface area contributed by atoms with Crippen molar-refractivity contribution in [2.75, 3.05) is 0 Å². The minimum atomic E-state index is 0.496. The van der Waals surface area contributed by atoms with Crippen LogP contribution in [0.25, 0.3) is 16.9 Å². The predicted molar refractivity (Wildman–Crippen MR) is 75.0 cm³/mol. The van der Waals surface area contributed by atoms with Crippen molar-refractivity contribution in [2.45, 2.75) is 20.3 Å². The summed E-state index contributed by atoms with van der Waals surface area (Å²) in [6, 6.07) is 7.93. The van der Waals surface area contributed by atoms with Crippen molar-refractivity contribution >= 4 is 5.65 Å². The fourth-order valence-corrected chi connectivity index (χ4v) is 2.43. The van der Waals surface area contributed by atoms with E-state index in [1.807, 2.05) is 25.1 Å². The molecule has 3 aromatic heterocycles. The second kappa shape index (κ2) is 4.74. The van der Waals surface area contributed by atoms with Gasteiger partial charge < -0.3 is 0 Å². The molecule has 3 aromatic rings. The zero-order chi connectivity index (χ0) is 14.1. The van der Waals surface area contributed by atoms with Gasteiger partial charge in [-0.05, 0) is 25.5 Å². The lowest BCUT2D eigenvalue weighted by molar-refractivity contribution is 0.844. The second-order valence-corrected chi connectivity index (χ2v) is 4.49. The van der Waals surface area contributed by atoms with E-state index in [9.17, 15) is 0 Å². The summed E-state index contributed by atoms with van der Waals surface area (Å²) in [7, 11) is 0. The van der Waals surface area contributed by atoms with Crippen molar-refractivity contribution in [2.24, 2.45) is 0 Å². The molecular weight excluding hydrogens is 250 g/mol. The van der Waals surface area contributed by atoms with Crippen LogP contribution < -0.4 is 0 Å². The first-order valence-corrected chi connectivity index (χ1v) is 6.45. The van der Waals surface area contributed by atoms with Crippen LogP contribution in [-0.4, -0.2) is 19.6 Å². The number of rotatable bonds is 2. The van der Waals surface area contributed by atoms with Gasteiger partial charge in [-0.1, -0.05) is 13.0 Å². The lowest BCUT2D eigenvalue weighted by Crippen LogP contribution is -2.06. The summed E-state index contributed by atoms with van der Waals surface area (Å²) in [6.07, 6.45) is 4.11. The Morgan fingerprint density at radius 2 is 2.20 bits per heavy atom. The molecule has 0 saturated heterocycles. The van der Waals surface area contributed by atoms with E-state index in [0.29, 0.717) is 11.2 Å². The maximum atomic E-state index is 9.11. The number of hydrogen-bond acceptors (Lipinski definition) is 4. The SMILES string of the molecule is CCc1c(-c2ccccn2)c(C)nc2c(C#N)cnn12. The molecule has 3 heterocycles. The van der Waals surface area contributed by atoms with E-state index >= 15 is 0 Å². The zero-order valence-corrected chi connectivity index (χ0v) is 11.3. The molecule has 0 aliphatic carbocycles. The molecule has 20 heavy (non-hydrogen) atoms. The van der Waals surface area contributed by atoms with Crippen LogP contribution in [0, 0.1) is 18.3 Å². The Balaban J connectivity index is 2.39. The summed E-state index contributed by atoms with van der Waals surface area (Å²) in [5.74, 6) is 0. The van der Waals surface area contributed by atoms with Crippen molar-refractivity contribution in [3.8, 4) is 17.3 Å². The maximum absolute atomic E-state index is 9.11.